The fourth-order valence-corrected chi connectivity index (χ4v) is 4.80. The Morgan fingerprint density at radius 1 is 1.21 bits per heavy atom. The molecule has 1 fully saturated rings. The summed E-state index contributed by atoms with van der Waals surface area (Å²) in [6.45, 7) is 0.640. The van der Waals surface area contributed by atoms with Crippen molar-refractivity contribution in [1.82, 2.24) is 14.4 Å². The number of benzene rings is 1. The van der Waals surface area contributed by atoms with E-state index in [2.05, 4.69) is 9.89 Å². The number of rotatable bonds is 5. The van der Waals surface area contributed by atoms with Crippen LogP contribution in [0.15, 0.2) is 33.7 Å². The van der Waals surface area contributed by atoms with Gasteiger partial charge in [-0.05, 0) is 32.0 Å². The smallest absolute Gasteiger partial charge is 0.387 e. The van der Waals surface area contributed by atoms with Crippen molar-refractivity contribution in [3.8, 4) is 5.75 Å². The second-order valence-corrected chi connectivity index (χ2v) is 8.13. The van der Waals surface area contributed by atoms with Gasteiger partial charge in [-0.2, -0.15) is 13.1 Å². The van der Waals surface area contributed by atoms with Crippen LogP contribution in [0.5, 0.6) is 5.75 Å². The van der Waals surface area contributed by atoms with Gasteiger partial charge < -0.3 is 14.2 Å². The summed E-state index contributed by atoms with van der Waals surface area (Å²) in [7, 11) is -3.78. The highest BCUT2D eigenvalue weighted by Gasteiger charge is 2.34. The topological polar surface area (TPSA) is 93.0 Å². The van der Waals surface area contributed by atoms with Gasteiger partial charge in [-0.25, -0.2) is 8.42 Å². The zero-order valence-electron chi connectivity index (χ0n) is 15.3. The van der Waals surface area contributed by atoms with E-state index in [0.29, 0.717) is 0 Å². The summed E-state index contributed by atoms with van der Waals surface area (Å²) in [6, 6.07) is 5.51. The average Bonchev–Trinajstić information content (AvgIpc) is 3.00. The standard InChI is InChI=1S/C17H19F2N3O5S/c1-11-15(12(2)27-20-11)28(24,25)22-8-6-21(7-9-22)16(23)13-4-3-5-14(10-13)26-17(18)19/h3-5,10,17H,6-9H2,1-2H3. The van der Waals surface area contributed by atoms with E-state index >= 15 is 0 Å². The van der Waals surface area contributed by atoms with Crippen molar-refractivity contribution in [1.29, 1.82) is 0 Å². The SMILES string of the molecule is Cc1noc(C)c1S(=O)(=O)N1CCN(C(=O)c2cccc(OC(F)F)c2)CC1. The number of ether oxygens (including phenoxy) is 1. The van der Waals surface area contributed by atoms with Crippen LogP contribution in [-0.4, -0.2) is 61.5 Å². The zero-order valence-corrected chi connectivity index (χ0v) is 16.1. The normalized spacial score (nSPS) is 15.8. The van der Waals surface area contributed by atoms with Gasteiger partial charge in [0.1, 0.15) is 16.3 Å². The Balaban J connectivity index is 1.69. The minimum Gasteiger partial charge on any atom is -0.435 e. The number of carbonyl (C=O) groups excluding carboxylic acids is 1. The maximum atomic E-state index is 12.8. The van der Waals surface area contributed by atoms with E-state index in [1.54, 1.807) is 6.92 Å². The van der Waals surface area contributed by atoms with Crippen LogP contribution in [0, 0.1) is 13.8 Å². The van der Waals surface area contributed by atoms with Crippen molar-refractivity contribution in [3.05, 3.63) is 41.3 Å². The van der Waals surface area contributed by atoms with Gasteiger partial charge >= 0.3 is 6.61 Å². The highest BCUT2D eigenvalue weighted by atomic mass is 32.2. The molecule has 3 rings (SSSR count). The van der Waals surface area contributed by atoms with E-state index in [-0.39, 0.29) is 59.7 Å². The Labute approximate surface area is 160 Å². The number of amides is 1. The summed E-state index contributed by atoms with van der Waals surface area (Å²) in [5.41, 5.74) is 0.479. The zero-order chi connectivity index (χ0) is 20.5. The molecule has 28 heavy (non-hydrogen) atoms. The number of alkyl halides is 2. The first-order chi connectivity index (χ1) is 13.2. The molecule has 0 saturated carbocycles. The summed E-state index contributed by atoms with van der Waals surface area (Å²) in [6.07, 6.45) is 0. The van der Waals surface area contributed by atoms with E-state index in [9.17, 15) is 22.0 Å². The maximum absolute atomic E-state index is 12.8. The molecule has 0 radical (unpaired) electrons. The Kier molecular flexibility index (Phi) is 5.66. The van der Waals surface area contributed by atoms with Gasteiger partial charge in [0.15, 0.2) is 5.76 Å². The molecule has 2 heterocycles. The lowest BCUT2D eigenvalue weighted by atomic mass is 10.1. The summed E-state index contributed by atoms with van der Waals surface area (Å²) in [5, 5.41) is 3.68. The molecule has 0 spiro atoms. The third-order valence-corrected chi connectivity index (χ3v) is 6.54. The number of aromatic nitrogens is 1. The molecule has 1 saturated heterocycles. The fraction of sp³-hybridized carbons (Fsp3) is 0.412. The maximum Gasteiger partial charge on any atom is 0.387 e. The van der Waals surface area contributed by atoms with Gasteiger partial charge in [-0.3, -0.25) is 4.79 Å². The Hall–Kier alpha value is -2.53. The number of aryl methyl sites for hydroxylation is 2. The predicted molar refractivity (Wildman–Crippen MR) is 93.7 cm³/mol. The van der Waals surface area contributed by atoms with Crippen LogP contribution in [0.25, 0.3) is 0 Å². The second kappa shape index (κ2) is 7.84. The van der Waals surface area contributed by atoms with Crippen LogP contribution in [-0.2, 0) is 10.0 Å². The van der Waals surface area contributed by atoms with Crippen LogP contribution >= 0.6 is 0 Å². The van der Waals surface area contributed by atoms with Crippen molar-refractivity contribution < 1.29 is 31.3 Å². The van der Waals surface area contributed by atoms with Crippen LogP contribution in [0.4, 0.5) is 8.78 Å². The number of piperazine rings is 1. The van der Waals surface area contributed by atoms with Crippen molar-refractivity contribution in [3.63, 3.8) is 0 Å². The molecular weight excluding hydrogens is 396 g/mol. The van der Waals surface area contributed by atoms with E-state index in [1.165, 1.54) is 40.4 Å². The molecule has 1 aromatic heterocycles. The minimum atomic E-state index is -3.78. The third kappa shape index (κ3) is 3.99. The Bertz CT molecular complexity index is 949. The lowest BCUT2D eigenvalue weighted by Gasteiger charge is -2.34. The summed E-state index contributed by atoms with van der Waals surface area (Å²) in [5.74, 6) is -0.276. The first-order valence-corrected chi connectivity index (χ1v) is 9.91. The molecule has 152 valence electrons. The Morgan fingerprint density at radius 2 is 1.89 bits per heavy atom. The van der Waals surface area contributed by atoms with E-state index in [4.69, 9.17) is 4.52 Å². The minimum absolute atomic E-state index is 0.0455. The van der Waals surface area contributed by atoms with Crippen LogP contribution in [0.3, 0.4) is 0 Å². The number of halogens is 2. The summed E-state index contributed by atoms with van der Waals surface area (Å²) < 4.78 is 60.9. The van der Waals surface area contributed by atoms with Crippen LogP contribution < -0.4 is 4.74 Å². The molecule has 1 aliphatic rings. The quantitative estimate of drug-likeness (QED) is 0.742. The van der Waals surface area contributed by atoms with Crippen molar-refractivity contribution >= 4 is 15.9 Å². The van der Waals surface area contributed by atoms with Gasteiger partial charge in [0.25, 0.3) is 5.91 Å². The molecule has 2 aromatic rings. The second-order valence-electron chi connectivity index (χ2n) is 6.26. The van der Waals surface area contributed by atoms with Gasteiger partial charge in [0, 0.05) is 31.7 Å². The van der Waals surface area contributed by atoms with Crippen molar-refractivity contribution in [2.75, 3.05) is 26.2 Å². The van der Waals surface area contributed by atoms with Gasteiger partial charge in [-0.1, -0.05) is 11.2 Å². The molecule has 0 unspecified atom stereocenters. The number of nitrogens with zero attached hydrogens (tertiary/aromatic N) is 3. The average molecular weight is 415 g/mol. The third-order valence-electron chi connectivity index (χ3n) is 4.40. The number of hydrogen-bond donors (Lipinski definition) is 0. The number of sulfonamides is 1. The largest absolute Gasteiger partial charge is 0.435 e. The van der Waals surface area contributed by atoms with Crippen molar-refractivity contribution in [2.24, 2.45) is 0 Å². The van der Waals surface area contributed by atoms with Crippen molar-refractivity contribution in [2.45, 2.75) is 25.4 Å². The van der Waals surface area contributed by atoms with E-state index < -0.39 is 16.6 Å². The van der Waals surface area contributed by atoms with Gasteiger partial charge in [0.2, 0.25) is 10.0 Å². The first-order valence-electron chi connectivity index (χ1n) is 8.47. The van der Waals surface area contributed by atoms with Gasteiger partial charge in [0.05, 0.1) is 0 Å². The van der Waals surface area contributed by atoms with Crippen LogP contribution in [0.2, 0.25) is 0 Å². The summed E-state index contributed by atoms with van der Waals surface area (Å²) >= 11 is 0. The first kappa shape index (κ1) is 20.2. The fourth-order valence-electron chi connectivity index (χ4n) is 3.09. The monoisotopic (exact) mass is 415 g/mol. The predicted octanol–water partition coefficient (Wildman–Crippen LogP) is 2.04. The molecule has 1 amide bonds. The molecule has 0 aliphatic carbocycles. The van der Waals surface area contributed by atoms with E-state index in [1.807, 2.05) is 0 Å². The van der Waals surface area contributed by atoms with Crippen LogP contribution in [0.1, 0.15) is 21.8 Å². The molecular formula is C17H19F2N3O5S. The number of hydrogen-bond acceptors (Lipinski definition) is 6. The highest BCUT2D eigenvalue weighted by Crippen LogP contribution is 2.25. The molecule has 8 nitrogen and oxygen atoms in total. The van der Waals surface area contributed by atoms with Gasteiger partial charge in [-0.15, -0.1) is 0 Å². The van der Waals surface area contributed by atoms with E-state index in [0.717, 1.165) is 0 Å². The highest BCUT2D eigenvalue weighted by molar-refractivity contribution is 7.89. The lowest BCUT2D eigenvalue weighted by molar-refractivity contribution is -0.0499. The molecule has 11 heteroatoms. The Morgan fingerprint density at radius 3 is 2.46 bits per heavy atom. The molecule has 1 aromatic carbocycles. The summed E-state index contributed by atoms with van der Waals surface area (Å²) in [4.78, 5) is 14.1. The molecule has 1 aliphatic heterocycles. The molecule has 0 N–H and O–H groups in total. The lowest BCUT2D eigenvalue weighted by Crippen LogP contribution is -2.50. The molecule has 0 atom stereocenters. The molecule has 0 bridgehead atoms. The number of carbonyl (C=O) groups is 1.